The number of phenols is 1. The quantitative estimate of drug-likeness (QED) is 0.225. The van der Waals surface area contributed by atoms with Crippen LogP contribution in [0.25, 0.3) is 0 Å². The van der Waals surface area contributed by atoms with Crippen molar-refractivity contribution in [2.24, 2.45) is 23.2 Å². The maximum absolute atomic E-state index is 12.2. The molecule has 1 aromatic carbocycles. The number of benzene rings is 1. The summed E-state index contributed by atoms with van der Waals surface area (Å²) in [4.78, 5) is 0. The van der Waals surface area contributed by atoms with E-state index in [1.165, 1.54) is 62.5 Å². The normalized spacial score (nSPS) is 30.6. The van der Waals surface area contributed by atoms with Crippen molar-refractivity contribution in [2.75, 3.05) is 11.5 Å². The zero-order valence-corrected chi connectivity index (χ0v) is 24.1. The Morgan fingerprint density at radius 2 is 1.61 bits per heavy atom. The van der Waals surface area contributed by atoms with Gasteiger partial charge in [0.1, 0.15) is 5.75 Å². The Bertz CT molecular complexity index is 875. The fraction of sp³-hybridized carbons (Fsp3) is 0.812. The first-order valence-electron chi connectivity index (χ1n) is 15.3. The van der Waals surface area contributed by atoms with Crippen molar-refractivity contribution in [1.82, 2.24) is 0 Å². The SMILES string of the molecule is C[C@]12CCC3c4ccc(O)cc4C[C@@H](CCCCCCCCCSCCCCC(F)(F)F)C3C1CC[C@@H]2O. The average Bonchev–Trinajstić information content (AvgIpc) is 3.17. The second kappa shape index (κ2) is 13.7. The van der Waals surface area contributed by atoms with E-state index in [2.05, 4.69) is 13.0 Å². The second-order valence-corrected chi connectivity index (χ2v) is 13.9. The highest BCUT2D eigenvalue weighted by atomic mass is 32.2. The zero-order valence-electron chi connectivity index (χ0n) is 23.3. The number of aliphatic hydroxyl groups excluding tert-OH is 1. The Kier molecular flexibility index (Phi) is 10.8. The lowest BCUT2D eigenvalue weighted by Crippen LogP contribution is -2.47. The lowest BCUT2D eigenvalue weighted by Gasteiger charge is -2.53. The average molecular weight is 555 g/mol. The van der Waals surface area contributed by atoms with Crippen LogP contribution in [0, 0.1) is 23.2 Å². The van der Waals surface area contributed by atoms with E-state index in [0.29, 0.717) is 35.8 Å². The first-order valence-corrected chi connectivity index (χ1v) is 16.5. The smallest absolute Gasteiger partial charge is 0.389 e. The molecule has 6 heteroatoms. The monoisotopic (exact) mass is 554 g/mol. The minimum absolute atomic E-state index is 0.0786. The molecule has 4 rings (SSSR count). The molecule has 2 saturated carbocycles. The number of unbranched alkanes of at least 4 members (excludes halogenated alkanes) is 7. The van der Waals surface area contributed by atoms with Crippen LogP contribution in [-0.2, 0) is 6.42 Å². The van der Waals surface area contributed by atoms with Gasteiger partial charge in [-0.3, -0.25) is 0 Å². The summed E-state index contributed by atoms with van der Waals surface area (Å²) in [7, 11) is 0. The molecule has 2 N–H and O–H groups in total. The maximum atomic E-state index is 12.2. The number of fused-ring (bicyclic) bond motifs is 5. The molecular formula is C32H49F3O2S. The van der Waals surface area contributed by atoms with Crippen LogP contribution in [0.3, 0.4) is 0 Å². The molecule has 0 saturated heterocycles. The number of thioether (sulfide) groups is 1. The molecule has 3 aliphatic rings. The van der Waals surface area contributed by atoms with Crippen LogP contribution in [-0.4, -0.2) is 34.0 Å². The number of alkyl halides is 3. The molecule has 0 radical (unpaired) electrons. The molecule has 2 fully saturated rings. The van der Waals surface area contributed by atoms with E-state index in [-0.39, 0.29) is 17.9 Å². The van der Waals surface area contributed by atoms with Gasteiger partial charge < -0.3 is 10.2 Å². The summed E-state index contributed by atoms with van der Waals surface area (Å²) in [5.74, 6) is 4.81. The van der Waals surface area contributed by atoms with Crippen LogP contribution in [0.2, 0.25) is 0 Å². The van der Waals surface area contributed by atoms with Gasteiger partial charge in [-0.1, -0.05) is 51.5 Å². The Labute approximate surface area is 232 Å². The van der Waals surface area contributed by atoms with Gasteiger partial charge in [0.25, 0.3) is 0 Å². The molecule has 216 valence electrons. The molecular weight excluding hydrogens is 505 g/mol. The summed E-state index contributed by atoms with van der Waals surface area (Å²) in [6, 6.07) is 6.06. The number of aromatic hydroxyl groups is 1. The highest BCUT2D eigenvalue weighted by molar-refractivity contribution is 7.99. The summed E-state index contributed by atoms with van der Waals surface area (Å²) in [5.41, 5.74) is 2.90. The van der Waals surface area contributed by atoms with Crippen LogP contribution in [0.15, 0.2) is 18.2 Å². The van der Waals surface area contributed by atoms with Gasteiger partial charge in [-0.25, -0.2) is 0 Å². The Morgan fingerprint density at radius 3 is 2.34 bits per heavy atom. The van der Waals surface area contributed by atoms with Crippen molar-refractivity contribution in [3.05, 3.63) is 29.3 Å². The number of phenolic OH excluding ortho intramolecular Hbond substituents is 1. The predicted octanol–water partition coefficient (Wildman–Crippen LogP) is 9.42. The fourth-order valence-corrected chi connectivity index (χ4v) is 9.18. The highest BCUT2D eigenvalue weighted by Gasteiger charge is 2.56. The second-order valence-electron chi connectivity index (χ2n) is 12.7. The van der Waals surface area contributed by atoms with Gasteiger partial charge in [0.2, 0.25) is 0 Å². The summed E-state index contributed by atoms with van der Waals surface area (Å²) in [5, 5.41) is 21.0. The van der Waals surface area contributed by atoms with Crippen molar-refractivity contribution in [3.63, 3.8) is 0 Å². The molecule has 0 spiro atoms. The molecule has 0 amide bonds. The summed E-state index contributed by atoms with van der Waals surface area (Å²) < 4.78 is 36.5. The van der Waals surface area contributed by atoms with Gasteiger partial charge in [0.05, 0.1) is 6.10 Å². The standard InChI is InChI=1S/C32H49F3O2S/c1-31-18-16-27-26-13-12-25(36)22-24(26)21-23(30(27)28(31)14-15-29(31)37)11-7-5-3-2-4-6-9-19-38-20-10-8-17-32(33,34)35/h12-13,22-23,27-30,36-37H,2-11,14-21H2,1H3/t23-,27?,28?,29+,30?,31+/m1/s1. The highest BCUT2D eigenvalue weighted by Crippen LogP contribution is 2.62. The third-order valence-corrected chi connectivity index (χ3v) is 11.4. The molecule has 38 heavy (non-hydrogen) atoms. The minimum atomic E-state index is -4.00. The van der Waals surface area contributed by atoms with Crippen LogP contribution in [0.4, 0.5) is 13.2 Å². The fourth-order valence-electron chi connectivity index (χ4n) is 8.16. The van der Waals surface area contributed by atoms with Crippen molar-refractivity contribution < 1.29 is 23.4 Å². The lowest BCUT2D eigenvalue weighted by molar-refractivity contribution is -0.135. The largest absolute Gasteiger partial charge is 0.508 e. The number of hydrogen-bond donors (Lipinski definition) is 2. The van der Waals surface area contributed by atoms with E-state index >= 15 is 0 Å². The third kappa shape index (κ3) is 7.65. The van der Waals surface area contributed by atoms with E-state index < -0.39 is 12.6 Å². The molecule has 1 aromatic rings. The van der Waals surface area contributed by atoms with E-state index in [0.717, 1.165) is 43.6 Å². The molecule has 3 aliphatic carbocycles. The van der Waals surface area contributed by atoms with Crippen molar-refractivity contribution >= 4 is 11.8 Å². The lowest BCUT2D eigenvalue weighted by atomic mass is 9.52. The van der Waals surface area contributed by atoms with E-state index in [1.807, 2.05) is 12.1 Å². The van der Waals surface area contributed by atoms with Gasteiger partial charge in [-0.15, -0.1) is 0 Å². The van der Waals surface area contributed by atoms with E-state index in [1.54, 1.807) is 11.8 Å². The van der Waals surface area contributed by atoms with Crippen molar-refractivity contribution in [1.29, 1.82) is 0 Å². The first kappa shape index (κ1) is 30.1. The Balaban J connectivity index is 1.15. The van der Waals surface area contributed by atoms with Crippen molar-refractivity contribution in [3.8, 4) is 5.75 Å². The van der Waals surface area contributed by atoms with Gasteiger partial charge in [0.15, 0.2) is 0 Å². The number of rotatable bonds is 14. The summed E-state index contributed by atoms with van der Waals surface area (Å²) >= 11 is 1.80. The Morgan fingerprint density at radius 1 is 0.921 bits per heavy atom. The van der Waals surface area contributed by atoms with Gasteiger partial charge in [-0.05, 0) is 122 Å². The zero-order chi connectivity index (χ0) is 27.2. The van der Waals surface area contributed by atoms with Crippen LogP contribution >= 0.6 is 11.8 Å². The maximum Gasteiger partial charge on any atom is 0.389 e. The van der Waals surface area contributed by atoms with Gasteiger partial charge in [-0.2, -0.15) is 24.9 Å². The van der Waals surface area contributed by atoms with Crippen LogP contribution < -0.4 is 0 Å². The van der Waals surface area contributed by atoms with Gasteiger partial charge >= 0.3 is 6.18 Å². The summed E-state index contributed by atoms with van der Waals surface area (Å²) in [6.07, 6.45) is 11.6. The number of halogens is 3. The molecule has 3 unspecified atom stereocenters. The van der Waals surface area contributed by atoms with E-state index in [9.17, 15) is 23.4 Å². The topological polar surface area (TPSA) is 40.5 Å². The molecule has 2 nitrogen and oxygen atoms in total. The molecule has 6 atom stereocenters. The van der Waals surface area contributed by atoms with Crippen LogP contribution in [0.1, 0.15) is 120 Å². The molecule has 0 bridgehead atoms. The Hall–Kier alpha value is -0.880. The molecule has 0 aliphatic heterocycles. The molecule has 0 heterocycles. The summed E-state index contributed by atoms with van der Waals surface area (Å²) in [6.45, 7) is 2.35. The van der Waals surface area contributed by atoms with Crippen molar-refractivity contribution in [2.45, 2.75) is 128 Å². The van der Waals surface area contributed by atoms with E-state index in [4.69, 9.17) is 0 Å². The predicted molar refractivity (Wildman–Crippen MR) is 152 cm³/mol. The third-order valence-electron chi connectivity index (χ3n) is 10.2. The first-order chi connectivity index (χ1) is 18.2. The van der Waals surface area contributed by atoms with Crippen LogP contribution in [0.5, 0.6) is 5.75 Å². The minimum Gasteiger partial charge on any atom is -0.508 e. The van der Waals surface area contributed by atoms with Gasteiger partial charge in [0, 0.05) is 6.42 Å². The molecule has 0 aromatic heterocycles. The number of aliphatic hydroxyl groups is 1. The number of hydrogen-bond acceptors (Lipinski definition) is 3.